The van der Waals surface area contributed by atoms with Gasteiger partial charge in [-0.05, 0) is 30.2 Å². The molecule has 0 spiro atoms. The largest absolute Gasteiger partial charge is 0.491 e. The van der Waals surface area contributed by atoms with E-state index in [9.17, 15) is 9.18 Å². The maximum absolute atomic E-state index is 13.3. The van der Waals surface area contributed by atoms with Crippen LogP contribution in [-0.2, 0) is 6.54 Å². The van der Waals surface area contributed by atoms with Gasteiger partial charge in [-0.15, -0.1) is 0 Å². The number of nitrogens with one attached hydrogen (secondary N) is 2. The van der Waals surface area contributed by atoms with Crippen molar-refractivity contribution in [3.8, 4) is 5.75 Å². The van der Waals surface area contributed by atoms with Crippen molar-refractivity contribution in [2.24, 2.45) is 0 Å². The van der Waals surface area contributed by atoms with Crippen LogP contribution >= 0.6 is 0 Å². The molecule has 132 valence electrons. The Balaban J connectivity index is 1.48. The number of halogens is 1. The van der Waals surface area contributed by atoms with E-state index in [0.717, 1.165) is 17.5 Å². The molecular weight excluding hydrogens is 323 g/mol. The van der Waals surface area contributed by atoms with E-state index in [4.69, 9.17) is 9.84 Å². The number of rotatable bonds is 7. The van der Waals surface area contributed by atoms with Crippen LogP contribution in [0.3, 0.4) is 0 Å². The van der Waals surface area contributed by atoms with Crippen molar-refractivity contribution >= 4 is 6.03 Å². The number of para-hydroxylation sites is 1. The summed E-state index contributed by atoms with van der Waals surface area (Å²) in [5, 5.41) is 14.6. The predicted molar refractivity (Wildman–Crippen MR) is 91.9 cm³/mol. The zero-order valence-electron chi connectivity index (χ0n) is 13.7. The first-order chi connectivity index (χ1) is 12.2. The second-order valence-corrected chi connectivity index (χ2v) is 6.01. The molecule has 1 saturated carbocycles. The van der Waals surface area contributed by atoms with Crippen LogP contribution in [-0.4, -0.2) is 30.4 Å². The van der Waals surface area contributed by atoms with Crippen LogP contribution in [0.15, 0.2) is 48.5 Å². The van der Waals surface area contributed by atoms with Crippen molar-refractivity contribution in [2.75, 3.05) is 13.2 Å². The van der Waals surface area contributed by atoms with Gasteiger partial charge in [0.2, 0.25) is 0 Å². The lowest BCUT2D eigenvalue weighted by molar-refractivity contribution is 0.200. The second kappa shape index (κ2) is 7.98. The van der Waals surface area contributed by atoms with Crippen molar-refractivity contribution in [1.29, 1.82) is 0 Å². The topological polar surface area (TPSA) is 70.6 Å². The summed E-state index contributed by atoms with van der Waals surface area (Å²) in [7, 11) is 0. The molecule has 1 aliphatic carbocycles. The van der Waals surface area contributed by atoms with Gasteiger partial charge >= 0.3 is 6.03 Å². The van der Waals surface area contributed by atoms with E-state index in [2.05, 4.69) is 10.6 Å². The van der Waals surface area contributed by atoms with Gasteiger partial charge in [-0.1, -0.05) is 30.3 Å². The van der Waals surface area contributed by atoms with Crippen molar-refractivity contribution in [3.05, 3.63) is 65.5 Å². The Labute approximate surface area is 145 Å². The minimum Gasteiger partial charge on any atom is -0.491 e. The first-order valence-electron chi connectivity index (χ1n) is 8.29. The molecule has 3 N–H and O–H groups in total. The number of urea groups is 1. The quantitative estimate of drug-likeness (QED) is 0.723. The molecule has 25 heavy (non-hydrogen) atoms. The molecule has 2 aromatic carbocycles. The summed E-state index contributed by atoms with van der Waals surface area (Å²) in [4.78, 5) is 12.1. The van der Waals surface area contributed by atoms with Crippen LogP contribution in [0, 0.1) is 5.82 Å². The summed E-state index contributed by atoms with van der Waals surface area (Å²) in [5.41, 5.74) is 1.75. The average molecular weight is 344 g/mol. The van der Waals surface area contributed by atoms with E-state index in [1.54, 1.807) is 12.1 Å². The minimum atomic E-state index is -0.263. The Bertz CT molecular complexity index is 738. The predicted octanol–water partition coefficient (Wildman–Crippen LogP) is 2.55. The summed E-state index contributed by atoms with van der Waals surface area (Å²) in [6.07, 6.45) is 0.813. The number of aliphatic hydroxyl groups excluding tert-OH is 1. The molecular formula is C19H21FN2O3. The zero-order valence-corrected chi connectivity index (χ0v) is 13.7. The summed E-state index contributed by atoms with van der Waals surface area (Å²) < 4.78 is 18.7. The fraction of sp³-hybridized carbons (Fsp3) is 0.316. The van der Waals surface area contributed by atoms with Gasteiger partial charge in [-0.25, -0.2) is 9.18 Å². The Morgan fingerprint density at radius 3 is 2.88 bits per heavy atom. The molecule has 6 heteroatoms. The number of aliphatic hydroxyl groups is 1. The maximum Gasteiger partial charge on any atom is 0.315 e. The first kappa shape index (κ1) is 17.2. The van der Waals surface area contributed by atoms with Gasteiger partial charge in [0.1, 0.15) is 18.2 Å². The Kier molecular flexibility index (Phi) is 5.50. The number of benzene rings is 2. The summed E-state index contributed by atoms with van der Waals surface area (Å²) in [5.74, 6) is 0.551. The first-order valence-corrected chi connectivity index (χ1v) is 8.29. The van der Waals surface area contributed by atoms with E-state index in [0.29, 0.717) is 12.3 Å². The average Bonchev–Trinajstić information content (AvgIpc) is 3.38. The Morgan fingerprint density at radius 1 is 1.24 bits per heavy atom. The van der Waals surface area contributed by atoms with Crippen LogP contribution in [0.25, 0.3) is 0 Å². The monoisotopic (exact) mass is 344 g/mol. The highest BCUT2D eigenvalue weighted by molar-refractivity contribution is 5.75. The molecule has 0 aliphatic heterocycles. The minimum absolute atomic E-state index is 0.0303. The molecule has 0 bridgehead atoms. The molecule has 0 unspecified atom stereocenters. The van der Waals surface area contributed by atoms with Crippen molar-refractivity contribution < 1.29 is 19.0 Å². The lowest BCUT2D eigenvalue weighted by Gasteiger charge is -2.12. The number of hydrogen-bond donors (Lipinski definition) is 3. The van der Waals surface area contributed by atoms with Gasteiger partial charge in [0, 0.05) is 24.1 Å². The fourth-order valence-corrected chi connectivity index (χ4v) is 2.80. The van der Waals surface area contributed by atoms with E-state index in [1.165, 1.54) is 12.1 Å². The van der Waals surface area contributed by atoms with E-state index in [-0.39, 0.29) is 37.0 Å². The molecule has 1 fully saturated rings. The highest BCUT2D eigenvalue weighted by Gasteiger charge is 2.39. The third kappa shape index (κ3) is 4.70. The third-order valence-corrected chi connectivity index (χ3v) is 4.14. The van der Waals surface area contributed by atoms with Gasteiger partial charge in [-0.2, -0.15) is 0 Å². The highest BCUT2D eigenvalue weighted by Crippen LogP contribution is 2.40. The number of hydrogen-bond acceptors (Lipinski definition) is 3. The molecule has 0 aromatic heterocycles. The van der Waals surface area contributed by atoms with Gasteiger partial charge < -0.3 is 20.5 Å². The number of carbonyl (C=O) groups is 1. The lowest BCUT2D eigenvalue weighted by Crippen LogP contribution is -2.37. The zero-order chi connectivity index (χ0) is 17.6. The Morgan fingerprint density at radius 2 is 2.08 bits per heavy atom. The van der Waals surface area contributed by atoms with Gasteiger partial charge in [0.25, 0.3) is 0 Å². The Hall–Kier alpha value is -2.60. The third-order valence-electron chi connectivity index (χ3n) is 4.14. The second-order valence-electron chi connectivity index (χ2n) is 6.01. The van der Waals surface area contributed by atoms with Crippen LogP contribution < -0.4 is 15.4 Å². The van der Waals surface area contributed by atoms with Crippen molar-refractivity contribution in [1.82, 2.24) is 10.6 Å². The van der Waals surface area contributed by atoms with Gasteiger partial charge in [0.05, 0.1) is 6.61 Å². The molecule has 0 heterocycles. The number of carbonyl (C=O) groups excluding carboxylic acids is 1. The molecule has 0 radical (unpaired) electrons. The molecule has 0 saturated heterocycles. The van der Waals surface area contributed by atoms with Gasteiger partial charge in [0.15, 0.2) is 0 Å². The number of ether oxygens (including phenoxy) is 1. The maximum atomic E-state index is 13.3. The molecule has 1 aliphatic rings. The number of amides is 2. The van der Waals surface area contributed by atoms with Crippen LogP contribution in [0.1, 0.15) is 23.5 Å². The van der Waals surface area contributed by atoms with E-state index in [1.807, 2.05) is 24.3 Å². The fourth-order valence-electron chi connectivity index (χ4n) is 2.80. The SMILES string of the molecule is O=C(NCc1ccccc1OCCO)N[C@@H]1C[C@@H]1c1cccc(F)c1. The molecule has 2 atom stereocenters. The lowest BCUT2D eigenvalue weighted by atomic mass is 10.1. The standard InChI is InChI=1S/C19H21FN2O3/c20-15-6-3-5-13(10-15)16-11-17(16)22-19(24)21-12-14-4-1-2-7-18(14)25-9-8-23/h1-7,10,16-17,23H,8-9,11-12H2,(H2,21,22,24)/t16-,17-/m1/s1. The smallest absolute Gasteiger partial charge is 0.315 e. The summed E-state index contributed by atoms with van der Waals surface area (Å²) >= 11 is 0. The van der Waals surface area contributed by atoms with E-state index < -0.39 is 0 Å². The highest BCUT2D eigenvalue weighted by atomic mass is 19.1. The van der Waals surface area contributed by atoms with Gasteiger partial charge in [-0.3, -0.25) is 0 Å². The van der Waals surface area contributed by atoms with Crippen molar-refractivity contribution in [3.63, 3.8) is 0 Å². The molecule has 5 nitrogen and oxygen atoms in total. The van der Waals surface area contributed by atoms with Crippen molar-refractivity contribution in [2.45, 2.75) is 24.9 Å². The molecule has 3 rings (SSSR count). The van der Waals surface area contributed by atoms with E-state index >= 15 is 0 Å². The summed E-state index contributed by atoms with van der Waals surface area (Å²) in [6.45, 7) is 0.469. The van der Waals surface area contributed by atoms with Crippen LogP contribution in [0.2, 0.25) is 0 Å². The van der Waals surface area contributed by atoms with Crippen LogP contribution in [0.5, 0.6) is 5.75 Å². The normalized spacial score (nSPS) is 18.5. The summed E-state index contributed by atoms with van der Waals surface area (Å²) in [6, 6.07) is 13.6. The van der Waals surface area contributed by atoms with Crippen LogP contribution in [0.4, 0.5) is 9.18 Å². The molecule has 2 amide bonds. The molecule has 2 aromatic rings.